The van der Waals surface area contributed by atoms with Gasteiger partial charge in [0.05, 0.1) is 13.3 Å². The van der Waals surface area contributed by atoms with Crippen LogP contribution in [-0.4, -0.2) is 4.57 Å². The quantitative estimate of drug-likeness (QED) is 0.597. The standard InChI is InChI=1S/C13H13N2O/c1-14-6-7-15(10-14)8-13-12-5-3-2-4-11(12)9-16-13/h2-7,9-10H,8H2,1H3/q+1. The molecule has 2 heterocycles. The molecule has 0 aliphatic carbocycles. The molecule has 0 saturated carbocycles. The molecule has 0 aliphatic heterocycles. The summed E-state index contributed by atoms with van der Waals surface area (Å²) in [6.07, 6.45) is 7.91. The van der Waals surface area contributed by atoms with Gasteiger partial charge in [0.2, 0.25) is 6.33 Å². The lowest BCUT2D eigenvalue weighted by atomic mass is 10.2. The van der Waals surface area contributed by atoms with Crippen molar-refractivity contribution in [2.24, 2.45) is 7.05 Å². The average Bonchev–Trinajstić information content (AvgIpc) is 2.87. The van der Waals surface area contributed by atoms with E-state index in [1.807, 2.05) is 48.7 Å². The third kappa shape index (κ3) is 1.50. The zero-order chi connectivity index (χ0) is 11.0. The maximum absolute atomic E-state index is 5.60. The summed E-state index contributed by atoms with van der Waals surface area (Å²) in [5.41, 5.74) is 0. The van der Waals surface area contributed by atoms with Crippen LogP contribution < -0.4 is 4.57 Å². The molecule has 3 nitrogen and oxygen atoms in total. The maximum Gasteiger partial charge on any atom is 0.243 e. The van der Waals surface area contributed by atoms with Crippen LogP contribution in [0.25, 0.3) is 10.8 Å². The Morgan fingerprint density at radius 1 is 1.31 bits per heavy atom. The molecule has 0 bridgehead atoms. The van der Waals surface area contributed by atoms with E-state index in [2.05, 4.69) is 16.7 Å². The van der Waals surface area contributed by atoms with Crippen LogP contribution in [0.2, 0.25) is 0 Å². The molecule has 3 aromatic rings. The molecule has 0 spiro atoms. The van der Waals surface area contributed by atoms with Crippen molar-refractivity contribution < 1.29 is 8.98 Å². The van der Waals surface area contributed by atoms with Gasteiger partial charge in [-0.2, -0.15) is 0 Å². The largest absolute Gasteiger partial charge is 0.464 e. The van der Waals surface area contributed by atoms with Crippen LogP contribution in [0.3, 0.4) is 0 Å². The molecule has 80 valence electrons. The third-order valence-electron chi connectivity index (χ3n) is 2.74. The van der Waals surface area contributed by atoms with Crippen molar-refractivity contribution in [1.82, 2.24) is 4.57 Å². The lowest BCUT2D eigenvalue weighted by Crippen LogP contribution is -2.23. The van der Waals surface area contributed by atoms with Crippen molar-refractivity contribution >= 4 is 10.8 Å². The Hall–Kier alpha value is -2.03. The second kappa shape index (κ2) is 3.52. The number of hydrogen-bond acceptors (Lipinski definition) is 1. The van der Waals surface area contributed by atoms with Gasteiger partial charge < -0.3 is 4.42 Å². The second-order valence-electron chi connectivity index (χ2n) is 4.00. The first-order chi connectivity index (χ1) is 7.83. The molecule has 2 aromatic heterocycles. The highest BCUT2D eigenvalue weighted by Gasteiger charge is 2.09. The Morgan fingerprint density at radius 2 is 2.19 bits per heavy atom. The van der Waals surface area contributed by atoms with E-state index in [-0.39, 0.29) is 0 Å². The fraction of sp³-hybridized carbons (Fsp3) is 0.154. The number of hydrogen-bond donors (Lipinski definition) is 0. The summed E-state index contributed by atoms with van der Waals surface area (Å²) in [6.45, 7) is 0.772. The lowest BCUT2D eigenvalue weighted by Gasteiger charge is -1.93. The number of benzene rings is 1. The highest BCUT2D eigenvalue weighted by atomic mass is 16.3. The van der Waals surface area contributed by atoms with Crippen LogP contribution >= 0.6 is 0 Å². The molecule has 0 radical (unpaired) electrons. The van der Waals surface area contributed by atoms with Crippen LogP contribution in [0.15, 0.2) is 53.7 Å². The highest BCUT2D eigenvalue weighted by Crippen LogP contribution is 2.21. The molecule has 0 fully saturated rings. The Bertz CT molecular complexity index is 621. The first-order valence-electron chi connectivity index (χ1n) is 5.29. The van der Waals surface area contributed by atoms with Crippen LogP contribution in [0, 0.1) is 0 Å². The van der Waals surface area contributed by atoms with Gasteiger partial charge in [-0.15, -0.1) is 0 Å². The first-order valence-corrected chi connectivity index (χ1v) is 5.29. The number of nitrogens with zero attached hydrogens (tertiary/aromatic N) is 2. The van der Waals surface area contributed by atoms with Gasteiger partial charge in [-0.3, -0.25) is 0 Å². The fourth-order valence-corrected chi connectivity index (χ4v) is 1.94. The van der Waals surface area contributed by atoms with E-state index in [0.717, 1.165) is 17.7 Å². The molecular formula is C13H13N2O+. The Labute approximate surface area is 93.5 Å². The summed E-state index contributed by atoms with van der Waals surface area (Å²) >= 11 is 0. The number of imidazole rings is 1. The lowest BCUT2D eigenvalue weighted by molar-refractivity contribution is -0.671. The number of aryl methyl sites for hydroxylation is 1. The maximum atomic E-state index is 5.60. The topological polar surface area (TPSA) is 21.9 Å². The molecule has 1 aromatic carbocycles. The Kier molecular flexibility index (Phi) is 2.03. The summed E-state index contributed by atoms with van der Waals surface area (Å²) in [7, 11) is 2.01. The average molecular weight is 213 g/mol. The summed E-state index contributed by atoms with van der Waals surface area (Å²) in [5.74, 6) is 1.01. The van der Waals surface area contributed by atoms with Gasteiger partial charge in [0.25, 0.3) is 0 Å². The van der Waals surface area contributed by atoms with Crippen molar-refractivity contribution in [3.05, 3.63) is 55.0 Å². The minimum absolute atomic E-state index is 0.772. The predicted octanol–water partition coefficient (Wildman–Crippen LogP) is 2.11. The number of furan rings is 1. The van der Waals surface area contributed by atoms with E-state index in [4.69, 9.17) is 4.42 Å². The zero-order valence-corrected chi connectivity index (χ0v) is 9.13. The van der Waals surface area contributed by atoms with Crippen LogP contribution in [-0.2, 0) is 13.6 Å². The van der Waals surface area contributed by atoms with Crippen molar-refractivity contribution in [3.63, 3.8) is 0 Å². The predicted molar refractivity (Wildman–Crippen MR) is 60.9 cm³/mol. The SMILES string of the molecule is C[n+]1ccn(Cc2occ3ccccc23)c1. The van der Waals surface area contributed by atoms with Crippen LogP contribution in [0.4, 0.5) is 0 Å². The van der Waals surface area contributed by atoms with Crippen molar-refractivity contribution in [2.45, 2.75) is 6.54 Å². The summed E-state index contributed by atoms with van der Waals surface area (Å²) in [6, 6.07) is 8.23. The van der Waals surface area contributed by atoms with Gasteiger partial charge in [0, 0.05) is 10.8 Å². The van der Waals surface area contributed by atoms with Gasteiger partial charge >= 0.3 is 0 Å². The van der Waals surface area contributed by atoms with Gasteiger partial charge in [-0.1, -0.05) is 24.3 Å². The molecule has 3 heteroatoms. The Balaban J connectivity index is 2.00. The van der Waals surface area contributed by atoms with Gasteiger partial charge in [-0.05, 0) is 0 Å². The zero-order valence-electron chi connectivity index (χ0n) is 9.13. The summed E-state index contributed by atoms with van der Waals surface area (Å²) in [4.78, 5) is 0. The monoisotopic (exact) mass is 213 g/mol. The van der Waals surface area contributed by atoms with Gasteiger partial charge in [0.1, 0.15) is 18.9 Å². The third-order valence-corrected chi connectivity index (χ3v) is 2.74. The second-order valence-corrected chi connectivity index (χ2v) is 4.00. The molecule has 3 rings (SSSR count). The van der Waals surface area contributed by atoms with Crippen LogP contribution in [0.1, 0.15) is 5.76 Å². The molecule has 0 saturated heterocycles. The Morgan fingerprint density at radius 3 is 3.00 bits per heavy atom. The summed E-state index contributed by atoms with van der Waals surface area (Å²) in [5, 5.41) is 2.35. The molecular weight excluding hydrogens is 200 g/mol. The van der Waals surface area contributed by atoms with Crippen molar-refractivity contribution in [1.29, 1.82) is 0 Å². The van der Waals surface area contributed by atoms with E-state index in [0.29, 0.717) is 0 Å². The van der Waals surface area contributed by atoms with Crippen molar-refractivity contribution in [2.75, 3.05) is 0 Å². The van der Waals surface area contributed by atoms with E-state index in [1.54, 1.807) is 0 Å². The molecule has 0 N–H and O–H groups in total. The molecule has 16 heavy (non-hydrogen) atoms. The van der Waals surface area contributed by atoms with E-state index < -0.39 is 0 Å². The summed E-state index contributed by atoms with van der Waals surface area (Å²) < 4.78 is 9.72. The number of aromatic nitrogens is 2. The highest BCUT2D eigenvalue weighted by molar-refractivity contribution is 5.83. The smallest absolute Gasteiger partial charge is 0.243 e. The number of rotatable bonds is 2. The van der Waals surface area contributed by atoms with Crippen molar-refractivity contribution in [3.8, 4) is 0 Å². The molecule has 0 unspecified atom stereocenters. The van der Waals surface area contributed by atoms with Gasteiger partial charge in [0.15, 0.2) is 5.76 Å². The minimum atomic E-state index is 0.772. The van der Waals surface area contributed by atoms with Gasteiger partial charge in [-0.25, -0.2) is 9.13 Å². The molecule has 0 aliphatic rings. The van der Waals surface area contributed by atoms with Crippen LogP contribution in [0.5, 0.6) is 0 Å². The minimum Gasteiger partial charge on any atom is -0.464 e. The van der Waals surface area contributed by atoms with E-state index >= 15 is 0 Å². The molecule has 0 amide bonds. The normalized spacial score (nSPS) is 11.1. The molecule has 0 atom stereocenters. The first kappa shape index (κ1) is 9.21. The van der Waals surface area contributed by atoms with E-state index in [9.17, 15) is 0 Å². The van der Waals surface area contributed by atoms with E-state index in [1.165, 1.54) is 5.39 Å². The number of fused-ring (bicyclic) bond motifs is 1. The fourth-order valence-electron chi connectivity index (χ4n) is 1.94.